The van der Waals surface area contributed by atoms with Gasteiger partial charge >= 0.3 is 5.91 Å². The molecule has 2 heterocycles. The molecule has 6 nitrogen and oxygen atoms in total. The lowest BCUT2D eigenvalue weighted by Gasteiger charge is -2.10. The van der Waals surface area contributed by atoms with Crippen LogP contribution in [0.5, 0.6) is 0 Å². The monoisotopic (exact) mass is 256 g/mol. The minimum atomic E-state index is -3.03. The van der Waals surface area contributed by atoms with Crippen LogP contribution in [-0.4, -0.2) is 31.9 Å². The molecule has 0 spiro atoms. The summed E-state index contributed by atoms with van der Waals surface area (Å²) in [5.41, 5.74) is -0.0307. The number of aromatic nitrogens is 1. The second-order valence-corrected chi connectivity index (χ2v) is 6.21. The fourth-order valence-electron chi connectivity index (χ4n) is 1.77. The Hall–Kier alpha value is -1.63. The summed E-state index contributed by atoms with van der Waals surface area (Å²) in [6, 6.07) is 4.09. The van der Waals surface area contributed by atoms with Gasteiger partial charge in [0.25, 0.3) is 5.69 Å². The SMILES string of the molecule is O=C(N[C@H]1CCS(=O)(=O)C1)c1cccc[n+]1[O-]. The molecule has 1 amide bonds. The Morgan fingerprint density at radius 1 is 1.47 bits per heavy atom. The number of hydrogen-bond acceptors (Lipinski definition) is 4. The van der Waals surface area contributed by atoms with Crippen LogP contribution in [-0.2, 0) is 9.84 Å². The molecule has 0 aliphatic carbocycles. The molecular formula is C10H12N2O4S. The first kappa shape index (κ1) is 11.8. The summed E-state index contributed by atoms with van der Waals surface area (Å²) in [6.45, 7) is 0. The van der Waals surface area contributed by atoms with E-state index in [1.54, 1.807) is 6.07 Å². The Morgan fingerprint density at radius 2 is 2.24 bits per heavy atom. The van der Waals surface area contributed by atoms with Crippen molar-refractivity contribution in [3.8, 4) is 0 Å². The highest BCUT2D eigenvalue weighted by atomic mass is 32.2. The average Bonchev–Trinajstić information content (AvgIpc) is 2.58. The van der Waals surface area contributed by atoms with E-state index in [9.17, 15) is 18.4 Å². The Balaban J connectivity index is 2.06. The molecule has 0 saturated carbocycles. The third-order valence-corrected chi connectivity index (χ3v) is 4.39. The van der Waals surface area contributed by atoms with Gasteiger partial charge in [-0.05, 0) is 12.5 Å². The van der Waals surface area contributed by atoms with Crippen LogP contribution >= 0.6 is 0 Å². The van der Waals surface area contributed by atoms with E-state index in [0.29, 0.717) is 11.2 Å². The minimum Gasteiger partial charge on any atom is -0.618 e. The van der Waals surface area contributed by atoms with Gasteiger partial charge in [-0.2, -0.15) is 4.73 Å². The number of rotatable bonds is 2. The van der Waals surface area contributed by atoms with E-state index >= 15 is 0 Å². The zero-order valence-corrected chi connectivity index (χ0v) is 9.81. The molecule has 92 valence electrons. The van der Waals surface area contributed by atoms with E-state index in [1.165, 1.54) is 18.3 Å². The summed E-state index contributed by atoms with van der Waals surface area (Å²) in [7, 11) is -3.03. The maximum atomic E-state index is 11.7. The summed E-state index contributed by atoms with van der Waals surface area (Å²) < 4.78 is 22.9. The lowest BCUT2D eigenvalue weighted by Crippen LogP contribution is -2.43. The van der Waals surface area contributed by atoms with Crippen molar-refractivity contribution in [2.75, 3.05) is 11.5 Å². The van der Waals surface area contributed by atoms with Crippen molar-refractivity contribution in [1.82, 2.24) is 5.32 Å². The van der Waals surface area contributed by atoms with E-state index < -0.39 is 21.8 Å². The predicted octanol–water partition coefficient (Wildman–Crippen LogP) is -0.763. The lowest BCUT2D eigenvalue weighted by atomic mass is 10.2. The van der Waals surface area contributed by atoms with Crippen LogP contribution in [0, 0.1) is 5.21 Å². The highest BCUT2D eigenvalue weighted by molar-refractivity contribution is 7.91. The van der Waals surface area contributed by atoms with Crippen molar-refractivity contribution in [2.45, 2.75) is 12.5 Å². The lowest BCUT2D eigenvalue weighted by molar-refractivity contribution is -0.607. The summed E-state index contributed by atoms with van der Waals surface area (Å²) >= 11 is 0. The molecule has 0 unspecified atom stereocenters. The summed E-state index contributed by atoms with van der Waals surface area (Å²) in [5, 5.41) is 13.9. The van der Waals surface area contributed by atoms with Crippen LogP contribution in [0.1, 0.15) is 16.9 Å². The number of pyridine rings is 1. The third kappa shape index (κ3) is 2.73. The summed E-state index contributed by atoms with van der Waals surface area (Å²) in [6.07, 6.45) is 1.63. The first-order valence-corrected chi connectivity index (χ1v) is 6.99. The molecule has 7 heteroatoms. The maximum Gasteiger partial charge on any atom is 0.317 e. The highest BCUT2D eigenvalue weighted by Crippen LogP contribution is 2.11. The number of carbonyl (C=O) groups is 1. The Morgan fingerprint density at radius 3 is 2.82 bits per heavy atom. The predicted molar refractivity (Wildman–Crippen MR) is 59.9 cm³/mol. The second-order valence-electron chi connectivity index (χ2n) is 3.99. The van der Waals surface area contributed by atoms with Gasteiger partial charge in [0.15, 0.2) is 16.0 Å². The van der Waals surface area contributed by atoms with Crippen molar-refractivity contribution in [3.05, 3.63) is 35.3 Å². The first-order chi connectivity index (χ1) is 7.98. The smallest absolute Gasteiger partial charge is 0.317 e. The second kappa shape index (κ2) is 4.33. The van der Waals surface area contributed by atoms with Crippen molar-refractivity contribution in [1.29, 1.82) is 0 Å². The normalized spacial score (nSPS) is 22.2. The van der Waals surface area contributed by atoms with E-state index in [1.807, 2.05) is 0 Å². The van der Waals surface area contributed by atoms with Gasteiger partial charge in [-0.1, -0.05) is 0 Å². The van der Waals surface area contributed by atoms with E-state index in [2.05, 4.69) is 5.32 Å². The molecule has 0 radical (unpaired) electrons. The number of carbonyl (C=O) groups excluding carboxylic acids is 1. The highest BCUT2D eigenvalue weighted by Gasteiger charge is 2.30. The number of nitrogens with one attached hydrogen (secondary N) is 1. The first-order valence-electron chi connectivity index (χ1n) is 5.17. The Labute approximate surface area is 98.8 Å². The van der Waals surface area contributed by atoms with Crippen LogP contribution in [0.2, 0.25) is 0 Å². The van der Waals surface area contributed by atoms with Gasteiger partial charge in [0.1, 0.15) is 0 Å². The van der Waals surface area contributed by atoms with Gasteiger partial charge in [0.2, 0.25) is 0 Å². The van der Waals surface area contributed by atoms with Crippen molar-refractivity contribution in [3.63, 3.8) is 0 Å². The minimum absolute atomic E-state index is 0.0307. The van der Waals surface area contributed by atoms with E-state index in [-0.39, 0.29) is 17.2 Å². The quantitative estimate of drug-likeness (QED) is 0.556. The zero-order valence-electron chi connectivity index (χ0n) is 9.00. The van der Waals surface area contributed by atoms with Crippen molar-refractivity contribution >= 4 is 15.7 Å². The molecule has 0 bridgehead atoms. The topological polar surface area (TPSA) is 90.2 Å². The fraction of sp³-hybridized carbons (Fsp3) is 0.400. The van der Waals surface area contributed by atoms with Gasteiger partial charge < -0.3 is 10.5 Å². The molecule has 0 aromatic carbocycles. The standard InChI is InChI=1S/C10H12N2O4S/c13-10(9-3-1-2-5-12(9)14)11-8-4-6-17(15,16)7-8/h1-3,5,8H,4,6-7H2,(H,11,13)/t8-/m0/s1. The average molecular weight is 256 g/mol. The van der Waals surface area contributed by atoms with Gasteiger partial charge in [-0.15, -0.1) is 0 Å². The molecule has 1 aromatic heterocycles. The molecule has 17 heavy (non-hydrogen) atoms. The van der Waals surface area contributed by atoms with E-state index in [4.69, 9.17) is 0 Å². The molecule has 1 saturated heterocycles. The van der Waals surface area contributed by atoms with Crippen LogP contribution in [0.4, 0.5) is 0 Å². The fourth-order valence-corrected chi connectivity index (χ4v) is 3.45. The van der Waals surface area contributed by atoms with Crippen LogP contribution in [0.3, 0.4) is 0 Å². The van der Waals surface area contributed by atoms with Crippen LogP contribution in [0.15, 0.2) is 24.4 Å². The Bertz CT molecular complexity index is 541. The van der Waals surface area contributed by atoms with Gasteiger partial charge in [0, 0.05) is 18.2 Å². The van der Waals surface area contributed by atoms with E-state index in [0.717, 1.165) is 0 Å². The van der Waals surface area contributed by atoms with Crippen LogP contribution < -0.4 is 10.0 Å². The number of sulfone groups is 1. The molecule has 1 aliphatic heterocycles. The Kier molecular flexibility index (Phi) is 3.01. The molecule has 1 aromatic rings. The summed E-state index contributed by atoms with van der Waals surface area (Å²) in [4.78, 5) is 11.7. The third-order valence-electron chi connectivity index (χ3n) is 2.62. The van der Waals surface area contributed by atoms with Gasteiger partial charge in [-0.3, -0.25) is 4.79 Å². The van der Waals surface area contributed by atoms with Crippen molar-refractivity contribution in [2.24, 2.45) is 0 Å². The molecule has 1 atom stereocenters. The molecular weight excluding hydrogens is 244 g/mol. The molecule has 1 N–H and O–H groups in total. The molecule has 1 aliphatic rings. The number of amides is 1. The van der Waals surface area contributed by atoms with Gasteiger partial charge in [-0.25, -0.2) is 8.42 Å². The van der Waals surface area contributed by atoms with Crippen molar-refractivity contribution < 1.29 is 17.9 Å². The zero-order chi connectivity index (χ0) is 12.5. The van der Waals surface area contributed by atoms with Gasteiger partial charge in [0.05, 0.1) is 11.5 Å². The molecule has 1 fully saturated rings. The number of nitrogens with zero attached hydrogens (tertiary/aromatic N) is 1. The summed E-state index contributed by atoms with van der Waals surface area (Å²) in [5.74, 6) is -0.503. The maximum absolute atomic E-state index is 11.7. The molecule has 2 rings (SSSR count). The largest absolute Gasteiger partial charge is 0.618 e. The van der Waals surface area contributed by atoms with Crippen LogP contribution in [0.25, 0.3) is 0 Å². The number of hydrogen-bond donors (Lipinski definition) is 1.